The topological polar surface area (TPSA) is 64.7 Å². The van der Waals surface area contributed by atoms with Crippen molar-refractivity contribution < 1.29 is 9.59 Å². The average Bonchev–Trinajstić information content (AvgIpc) is 2.55. The summed E-state index contributed by atoms with van der Waals surface area (Å²) < 4.78 is 0. The van der Waals surface area contributed by atoms with Crippen molar-refractivity contribution in [3.8, 4) is 0 Å². The van der Waals surface area contributed by atoms with Crippen molar-refractivity contribution in [2.45, 2.75) is 44.7 Å². The minimum atomic E-state index is 0.103. The Hall–Kier alpha value is -1.14. The van der Waals surface area contributed by atoms with Gasteiger partial charge >= 0.3 is 0 Å². The Balaban J connectivity index is 1.62. The summed E-state index contributed by atoms with van der Waals surface area (Å²) >= 11 is 0. The van der Waals surface area contributed by atoms with Crippen molar-refractivity contribution in [2.24, 2.45) is 5.92 Å². The number of piperidine rings is 2. The van der Waals surface area contributed by atoms with Crippen LogP contribution in [-0.4, -0.2) is 73.0 Å². The van der Waals surface area contributed by atoms with Gasteiger partial charge in [-0.3, -0.25) is 9.59 Å². The molecule has 2 N–H and O–H groups in total. The van der Waals surface area contributed by atoms with E-state index in [1.807, 2.05) is 9.80 Å². The lowest BCUT2D eigenvalue weighted by molar-refractivity contribution is -0.143. The minimum absolute atomic E-state index is 0.103. The van der Waals surface area contributed by atoms with Gasteiger partial charge in [-0.1, -0.05) is 0 Å². The van der Waals surface area contributed by atoms with Crippen LogP contribution in [0.15, 0.2) is 0 Å². The zero-order valence-electron chi connectivity index (χ0n) is 13.5. The molecular formula is C16H28N4O2. The molecule has 2 amide bonds. The number of carbonyl (C=O) groups is 2. The molecule has 3 rings (SSSR count). The molecule has 0 bridgehead atoms. The van der Waals surface area contributed by atoms with Gasteiger partial charge in [0.25, 0.3) is 0 Å². The number of piperazine rings is 1. The zero-order valence-corrected chi connectivity index (χ0v) is 13.5. The van der Waals surface area contributed by atoms with Gasteiger partial charge in [0.1, 0.15) is 0 Å². The number of rotatable bonds is 2. The molecule has 3 saturated heterocycles. The molecule has 0 aromatic carbocycles. The molecule has 3 atom stereocenters. The van der Waals surface area contributed by atoms with Crippen molar-refractivity contribution in [3.05, 3.63) is 0 Å². The van der Waals surface area contributed by atoms with Gasteiger partial charge in [0, 0.05) is 38.3 Å². The summed E-state index contributed by atoms with van der Waals surface area (Å²) in [5.74, 6) is 0.566. The molecule has 0 aliphatic carbocycles. The van der Waals surface area contributed by atoms with Crippen LogP contribution in [0.4, 0.5) is 0 Å². The van der Waals surface area contributed by atoms with E-state index in [9.17, 15) is 9.59 Å². The van der Waals surface area contributed by atoms with Crippen LogP contribution in [0.3, 0.4) is 0 Å². The second kappa shape index (κ2) is 6.96. The molecule has 124 valence electrons. The molecule has 0 aromatic heterocycles. The second-order valence-electron chi connectivity index (χ2n) is 6.84. The molecule has 3 aliphatic rings. The molecule has 0 spiro atoms. The molecule has 3 heterocycles. The van der Waals surface area contributed by atoms with Gasteiger partial charge in [0.15, 0.2) is 0 Å². The summed E-state index contributed by atoms with van der Waals surface area (Å²) in [6, 6.07) is 0.474. The van der Waals surface area contributed by atoms with E-state index in [1.165, 1.54) is 0 Å². The molecular weight excluding hydrogens is 280 g/mol. The van der Waals surface area contributed by atoms with E-state index in [-0.39, 0.29) is 29.8 Å². The average molecular weight is 308 g/mol. The molecule has 0 aromatic rings. The van der Waals surface area contributed by atoms with Crippen LogP contribution in [0.5, 0.6) is 0 Å². The molecule has 22 heavy (non-hydrogen) atoms. The van der Waals surface area contributed by atoms with Gasteiger partial charge in [0.2, 0.25) is 11.8 Å². The van der Waals surface area contributed by atoms with Gasteiger partial charge < -0.3 is 20.4 Å². The summed E-state index contributed by atoms with van der Waals surface area (Å²) in [6.45, 7) is 6.76. The first-order chi connectivity index (χ1) is 10.7. The standard InChI is InChI=1S/C16H28N4O2/c1-12-14(5-2-6-18-12)16(22)19-8-3-4-13(11-19)20-9-7-17-10-15(20)21/h12-14,17-18H,2-11H2,1H3/t12-,13-,14-/m0/s1. The van der Waals surface area contributed by atoms with Crippen LogP contribution < -0.4 is 10.6 Å². The number of nitrogens with zero attached hydrogens (tertiary/aromatic N) is 2. The Kier molecular flexibility index (Phi) is 4.98. The quantitative estimate of drug-likeness (QED) is 0.741. The van der Waals surface area contributed by atoms with Crippen LogP contribution >= 0.6 is 0 Å². The van der Waals surface area contributed by atoms with E-state index in [2.05, 4.69) is 17.6 Å². The van der Waals surface area contributed by atoms with Crippen LogP contribution in [0.2, 0.25) is 0 Å². The summed E-state index contributed by atoms with van der Waals surface area (Å²) in [4.78, 5) is 28.9. The van der Waals surface area contributed by atoms with Crippen molar-refractivity contribution in [3.63, 3.8) is 0 Å². The highest BCUT2D eigenvalue weighted by Gasteiger charge is 2.36. The third-order valence-electron chi connectivity index (χ3n) is 5.35. The Morgan fingerprint density at radius 2 is 2.05 bits per heavy atom. The third kappa shape index (κ3) is 3.27. The van der Waals surface area contributed by atoms with E-state index in [1.54, 1.807) is 0 Å². The largest absolute Gasteiger partial charge is 0.340 e. The van der Waals surface area contributed by atoms with E-state index in [0.717, 1.165) is 51.9 Å². The lowest BCUT2D eigenvalue weighted by atomic mass is 9.89. The number of carbonyl (C=O) groups excluding carboxylic acids is 2. The highest BCUT2D eigenvalue weighted by Crippen LogP contribution is 2.23. The highest BCUT2D eigenvalue weighted by atomic mass is 16.2. The van der Waals surface area contributed by atoms with Crippen LogP contribution in [-0.2, 0) is 9.59 Å². The summed E-state index contributed by atoms with van der Waals surface area (Å²) in [5, 5.41) is 6.53. The lowest BCUT2D eigenvalue weighted by Gasteiger charge is -2.43. The van der Waals surface area contributed by atoms with Crippen molar-refractivity contribution >= 4 is 11.8 Å². The van der Waals surface area contributed by atoms with E-state index < -0.39 is 0 Å². The number of nitrogens with one attached hydrogen (secondary N) is 2. The van der Waals surface area contributed by atoms with Gasteiger partial charge in [-0.2, -0.15) is 0 Å². The Bertz CT molecular complexity index is 428. The normalized spacial score (nSPS) is 33.9. The van der Waals surface area contributed by atoms with Gasteiger partial charge in [0.05, 0.1) is 12.5 Å². The fourth-order valence-electron chi connectivity index (χ4n) is 4.03. The zero-order chi connectivity index (χ0) is 15.5. The SMILES string of the molecule is C[C@@H]1NCCC[C@@H]1C(=O)N1CCC[C@H](N2CCNCC2=O)C1. The summed E-state index contributed by atoms with van der Waals surface area (Å²) in [7, 11) is 0. The fourth-order valence-corrected chi connectivity index (χ4v) is 4.03. The van der Waals surface area contributed by atoms with E-state index >= 15 is 0 Å². The minimum Gasteiger partial charge on any atom is -0.340 e. The highest BCUT2D eigenvalue weighted by molar-refractivity contribution is 5.81. The molecule has 0 unspecified atom stereocenters. The van der Waals surface area contributed by atoms with Crippen molar-refractivity contribution in [1.82, 2.24) is 20.4 Å². The van der Waals surface area contributed by atoms with Crippen molar-refractivity contribution in [2.75, 3.05) is 39.3 Å². The number of amides is 2. The fraction of sp³-hybridized carbons (Fsp3) is 0.875. The van der Waals surface area contributed by atoms with Gasteiger partial charge in [-0.15, -0.1) is 0 Å². The summed E-state index contributed by atoms with van der Waals surface area (Å²) in [6.07, 6.45) is 4.09. The molecule has 0 saturated carbocycles. The van der Waals surface area contributed by atoms with Gasteiger partial charge in [-0.05, 0) is 39.2 Å². The number of likely N-dealkylation sites (tertiary alicyclic amines) is 1. The van der Waals surface area contributed by atoms with Crippen LogP contribution in [0.1, 0.15) is 32.6 Å². The molecule has 0 radical (unpaired) electrons. The maximum atomic E-state index is 12.8. The number of hydrogen-bond donors (Lipinski definition) is 2. The molecule has 6 heteroatoms. The molecule has 3 fully saturated rings. The Morgan fingerprint density at radius 1 is 1.18 bits per heavy atom. The van der Waals surface area contributed by atoms with Crippen LogP contribution in [0.25, 0.3) is 0 Å². The van der Waals surface area contributed by atoms with Gasteiger partial charge in [-0.25, -0.2) is 0 Å². The maximum absolute atomic E-state index is 12.8. The predicted molar refractivity (Wildman–Crippen MR) is 84.4 cm³/mol. The Morgan fingerprint density at radius 3 is 2.82 bits per heavy atom. The first-order valence-electron chi connectivity index (χ1n) is 8.69. The first-order valence-corrected chi connectivity index (χ1v) is 8.69. The second-order valence-corrected chi connectivity index (χ2v) is 6.84. The monoisotopic (exact) mass is 308 g/mol. The molecule has 3 aliphatic heterocycles. The van der Waals surface area contributed by atoms with Crippen LogP contribution in [0, 0.1) is 5.92 Å². The number of hydrogen-bond acceptors (Lipinski definition) is 4. The predicted octanol–water partition coefficient (Wildman–Crippen LogP) is -0.203. The lowest BCUT2D eigenvalue weighted by Crippen LogP contribution is -2.59. The van der Waals surface area contributed by atoms with E-state index in [0.29, 0.717) is 13.1 Å². The summed E-state index contributed by atoms with van der Waals surface area (Å²) in [5.41, 5.74) is 0. The molecule has 6 nitrogen and oxygen atoms in total. The smallest absolute Gasteiger partial charge is 0.236 e. The maximum Gasteiger partial charge on any atom is 0.236 e. The Labute approximate surface area is 132 Å². The van der Waals surface area contributed by atoms with Crippen molar-refractivity contribution in [1.29, 1.82) is 0 Å². The first kappa shape index (κ1) is 15.7. The van der Waals surface area contributed by atoms with E-state index in [4.69, 9.17) is 0 Å². The third-order valence-corrected chi connectivity index (χ3v) is 5.35.